The Kier molecular flexibility index (Phi) is 40.3. The van der Waals surface area contributed by atoms with Crippen molar-refractivity contribution < 1.29 is 5.11 Å². The number of thioether (sulfide) groups is 1. The lowest BCUT2D eigenvalue weighted by Crippen LogP contribution is -2.19. The summed E-state index contributed by atoms with van der Waals surface area (Å²) in [6.07, 6.45) is 40.2. The molecule has 0 saturated carbocycles. The van der Waals surface area contributed by atoms with Gasteiger partial charge in [-0.05, 0) is 29.8 Å². The van der Waals surface area contributed by atoms with Crippen LogP contribution < -0.4 is 0 Å². The number of aliphatic hydroxyl groups excluding tert-OH is 1. The van der Waals surface area contributed by atoms with Crippen LogP contribution in [0.1, 0.15) is 207 Å². The van der Waals surface area contributed by atoms with E-state index >= 15 is 0 Å². The number of thiol groups is 1. The minimum Gasteiger partial charge on any atom is -0.396 e. The lowest BCUT2D eigenvalue weighted by Gasteiger charge is -2.20. The summed E-state index contributed by atoms with van der Waals surface area (Å²) in [6, 6.07) is 0. The average Bonchev–Trinajstić information content (AvgIpc) is 2.95. The van der Waals surface area contributed by atoms with E-state index in [-0.39, 0.29) is 5.41 Å². The zero-order valence-electron chi connectivity index (χ0n) is 28.4. The Hall–Kier alpha value is 0.660. The van der Waals surface area contributed by atoms with Gasteiger partial charge in [0.05, 0.1) is 0 Å². The lowest BCUT2D eigenvalue weighted by atomic mass is 9.98. The SMILES string of the molecule is CCCCCCCCCCCCCCCCS.CCCCCCCCCCCCCCCCSCC(C)(C)CO. The van der Waals surface area contributed by atoms with Crippen molar-refractivity contribution in [1.29, 1.82) is 0 Å². The first-order chi connectivity index (χ1) is 19.5. The third-order valence-electron chi connectivity index (χ3n) is 8.07. The summed E-state index contributed by atoms with van der Waals surface area (Å²) in [6.45, 7) is 9.17. The first-order valence-electron chi connectivity index (χ1n) is 18.3. The Balaban J connectivity index is 0. The monoisotopic (exact) mass is 603 g/mol. The average molecular weight is 603 g/mol. The molecule has 1 nitrogen and oxygen atoms in total. The van der Waals surface area contributed by atoms with E-state index in [0.717, 1.165) is 11.5 Å². The van der Waals surface area contributed by atoms with Gasteiger partial charge in [-0.15, -0.1) is 0 Å². The van der Waals surface area contributed by atoms with Crippen LogP contribution >= 0.6 is 24.4 Å². The summed E-state index contributed by atoms with van der Waals surface area (Å²) in [4.78, 5) is 0. The second kappa shape index (κ2) is 37.7. The second-order valence-electron chi connectivity index (χ2n) is 13.3. The molecule has 0 fully saturated rings. The highest BCUT2D eigenvalue weighted by atomic mass is 32.2. The van der Waals surface area contributed by atoms with Crippen molar-refractivity contribution in [1.82, 2.24) is 0 Å². The van der Waals surface area contributed by atoms with Crippen molar-refractivity contribution in [2.24, 2.45) is 5.41 Å². The summed E-state index contributed by atoms with van der Waals surface area (Å²) >= 11 is 6.24. The van der Waals surface area contributed by atoms with E-state index in [1.807, 2.05) is 11.8 Å². The molecule has 0 aromatic carbocycles. The van der Waals surface area contributed by atoms with Crippen molar-refractivity contribution in [3.8, 4) is 0 Å². The quantitative estimate of drug-likeness (QED) is 0.0590. The van der Waals surface area contributed by atoms with E-state index in [1.54, 1.807) is 0 Å². The third kappa shape index (κ3) is 40.8. The molecule has 3 heteroatoms. The predicted molar refractivity (Wildman–Crippen MR) is 193 cm³/mol. The standard InChI is InChI=1S/C21H44OS.C16H34S/c1-4-5-6-7-8-9-10-11-12-13-14-15-16-17-18-23-20-21(2,3)19-22;1-2-3-4-5-6-7-8-9-10-11-12-13-14-15-16-17/h22H,4-20H2,1-3H3;17H,2-16H2,1H3. The summed E-state index contributed by atoms with van der Waals surface area (Å²) in [5.74, 6) is 3.42. The van der Waals surface area contributed by atoms with E-state index in [1.165, 1.54) is 186 Å². The van der Waals surface area contributed by atoms with Crippen molar-refractivity contribution in [2.75, 3.05) is 23.9 Å². The highest BCUT2D eigenvalue weighted by molar-refractivity contribution is 7.99. The fourth-order valence-electron chi connectivity index (χ4n) is 5.10. The molecular formula is C37H78OS2. The zero-order valence-corrected chi connectivity index (χ0v) is 30.1. The number of hydrogen-bond donors (Lipinski definition) is 2. The molecule has 0 aliphatic carbocycles. The lowest BCUT2D eigenvalue weighted by molar-refractivity contribution is 0.180. The second-order valence-corrected chi connectivity index (χ2v) is 14.8. The molecule has 0 spiro atoms. The van der Waals surface area contributed by atoms with Gasteiger partial charge in [0.15, 0.2) is 0 Å². The van der Waals surface area contributed by atoms with Gasteiger partial charge in [0, 0.05) is 12.4 Å². The number of unbranched alkanes of at least 4 members (excludes halogenated alkanes) is 26. The molecule has 0 unspecified atom stereocenters. The molecule has 0 aliphatic heterocycles. The van der Waals surface area contributed by atoms with E-state index in [4.69, 9.17) is 0 Å². The van der Waals surface area contributed by atoms with Gasteiger partial charge in [-0.25, -0.2) is 0 Å². The summed E-state index contributed by atoms with van der Waals surface area (Å²) in [5, 5.41) is 9.21. The highest BCUT2D eigenvalue weighted by Gasteiger charge is 2.15. The number of rotatable bonds is 32. The molecule has 0 saturated heterocycles. The van der Waals surface area contributed by atoms with E-state index in [9.17, 15) is 5.11 Å². The summed E-state index contributed by atoms with van der Waals surface area (Å²) < 4.78 is 0. The predicted octanol–water partition coefficient (Wildman–Crippen LogP) is 13.6. The van der Waals surface area contributed by atoms with Crippen LogP contribution in [0, 0.1) is 5.41 Å². The maximum absolute atomic E-state index is 9.21. The van der Waals surface area contributed by atoms with Crippen molar-refractivity contribution in [3.05, 3.63) is 0 Å². The van der Waals surface area contributed by atoms with Crippen LogP contribution in [0.25, 0.3) is 0 Å². The normalized spacial score (nSPS) is 11.6. The molecule has 0 amide bonds. The van der Waals surface area contributed by atoms with Crippen LogP contribution in [-0.4, -0.2) is 29.0 Å². The van der Waals surface area contributed by atoms with Crippen LogP contribution in [0.3, 0.4) is 0 Å². The van der Waals surface area contributed by atoms with E-state index in [0.29, 0.717) is 6.61 Å². The first kappa shape index (κ1) is 42.8. The molecule has 0 radical (unpaired) electrons. The smallest absolute Gasteiger partial charge is 0.0490 e. The van der Waals surface area contributed by atoms with Crippen LogP contribution in [0.2, 0.25) is 0 Å². The summed E-state index contributed by atoms with van der Waals surface area (Å²) in [5.41, 5.74) is 0.0979. The minimum absolute atomic E-state index is 0.0979. The molecule has 244 valence electrons. The minimum atomic E-state index is 0.0979. The van der Waals surface area contributed by atoms with Crippen LogP contribution in [0.4, 0.5) is 0 Å². The number of aliphatic hydroxyl groups is 1. The van der Waals surface area contributed by atoms with Gasteiger partial charge in [0.2, 0.25) is 0 Å². The largest absolute Gasteiger partial charge is 0.396 e. The molecule has 0 atom stereocenters. The molecule has 0 rings (SSSR count). The molecular weight excluding hydrogens is 525 g/mol. The maximum Gasteiger partial charge on any atom is 0.0490 e. The fraction of sp³-hybridized carbons (Fsp3) is 1.00. The Morgan fingerprint density at radius 2 is 0.725 bits per heavy atom. The van der Waals surface area contributed by atoms with Crippen LogP contribution in [-0.2, 0) is 0 Å². The van der Waals surface area contributed by atoms with Crippen molar-refractivity contribution in [2.45, 2.75) is 207 Å². The fourth-order valence-corrected chi connectivity index (χ4v) is 6.52. The molecule has 1 N–H and O–H groups in total. The van der Waals surface area contributed by atoms with Gasteiger partial charge in [-0.3, -0.25) is 0 Å². The molecule has 0 aliphatic rings. The van der Waals surface area contributed by atoms with Gasteiger partial charge < -0.3 is 5.11 Å². The Bertz CT molecular complexity index is 412. The van der Waals surface area contributed by atoms with Gasteiger partial charge in [0.25, 0.3) is 0 Å². The molecule has 0 bridgehead atoms. The molecule has 40 heavy (non-hydrogen) atoms. The van der Waals surface area contributed by atoms with E-state index in [2.05, 4.69) is 40.3 Å². The van der Waals surface area contributed by atoms with Gasteiger partial charge in [-0.2, -0.15) is 24.4 Å². The maximum atomic E-state index is 9.21. The molecule has 0 aromatic heterocycles. The number of hydrogen-bond acceptors (Lipinski definition) is 3. The highest BCUT2D eigenvalue weighted by Crippen LogP contribution is 2.22. The van der Waals surface area contributed by atoms with Gasteiger partial charge in [0.1, 0.15) is 0 Å². The first-order valence-corrected chi connectivity index (χ1v) is 20.1. The third-order valence-corrected chi connectivity index (χ3v) is 9.95. The molecule has 0 heterocycles. The van der Waals surface area contributed by atoms with Crippen molar-refractivity contribution >= 4 is 24.4 Å². The Labute approximate surface area is 265 Å². The van der Waals surface area contributed by atoms with Gasteiger partial charge >= 0.3 is 0 Å². The molecule has 0 aromatic rings. The van der Waals surface area contributed by atoms with Crippen LogP contribution in [0.15, 0.2) is 0 Å². The topological polar surface area (TPSA) is 20.2 Å². The van der Waals surface area contributed by atoms with Crippen LogP contribution in [0.5, 0.6) is 0 Å². The Morgan fingerprint density at radius 3 is 1.00 bits per heavy atom. The van der Waals surface area contributed by atoms with Crippen molar-refractivity contribution in [3.63, 3.8) is 0 Å². The van der Waals surface area contributed by atoms with E-state index < -0.39 is 0 Å². The summed E-state index contributed by atoms with van der Waals surface area (Å²) in [7, 11) is 0. The Morgan fingerprint density at radius 1 is 0.450 bits per heavy atom. The van der Waals surface area contributed by atoms with Gasteiger partial charge in [-0.1, -0.05) is 195 Å². The zero-order chi connectivity index (χ0) is 29.8.